The molecule has 0 radical (unpaired) electrons. The molecule has 0 aromatic heterocycles. The van der Waals surface area contributed by atoms with Gasteiger partial charge in [0, 0.05) is 5.56 Å². The van der Waals surface area contributed by atoms with Crippen molar-refractivity contribution < 1.29 is 19.1 Å². The van der Waals surface area contributed by atoms with Gasteiger partial charge in [0.1, 0.15) is 12.0 Å². The van der Waals surface area contributed by atoms with Crippen molar-refractivity contribution in [1.29, 1.82) is 0 Å². The fourth-order valence-electron chi connectivity index (χ4n) is 3.98. The van der Waals surface area contributed by atoms with Crippen molar-refractivity contribution in [3.63, 3.8) is 0 Å². The summed E-state index contributed by atoms with van der Waals surface area (Å²) in [4.78, 5) is 33.8. The van der Waals surface area contributed by atoms with Crippen LogP contribution in [-0.4, -0.2) is 25.4 Å². The van der Waals surface area contributed by atoms with Gasteiger partial charge in [-0.3, -0.25) is 4.79 Å². The number of para-hydroxylation sites is 1. The number of carbonyl (C=O) groups excluding carboxylic acids is 2. The highest BCUT2D eigenvalue weighted by Crippen LogP contribution is 2.66. The number of ether oxygens (including phenoxy) is 1. The lowest BCUT2D eigenvalue weighted by molar-refractivity contribution is 0.0733. The van der Waals surface area contributed by atoms with Crippen molar-refractivity contribution in [3.05, 3.63) is 65.2 Å². The summed E-state index contributed by atoms with van der Waals surface area (Å²) in [5, 5.41) is 0.174. The Balaban J connectivity index is 1.65. The molecule has 1 aliphatic heterocycles. The molecule has 0 spiro atoms. The lowest BCUT2D eigenvalue weighted by atomic mass is 9.98. The van der Waals surface area contributed by atoms with Crippen molar-refractivity contribution >= 4 is 20.6 Å². The lowest BCUT2D eigenvalue weighted by Gasteiger charge is -2.17. The minimum Gasteiger partial charge on any atom is -0.431 e. The number of aldehydes is 1. The third-order valence-electron chi connectivity index (χ3n) is 5.91. The number of esters is 1. The van der Waals surface area contributed by atoms with Crippen LogP contribution >= 0.6 is 0 Å². The summed E-state index contributed by atoms with van der Waals surface area (Å²) in [6.45, 7) is 4.22. The maximum Gasteiger partial charge on any atom is 0.343 e. The van der Waals surface area contributed by atoms with Crippen molar-refractivity contribution in [3.8, 4) is 5.75 Å². The summed E-state index contributed by atoms with van der Waals surface area (Å²) in [5.74, 6) is 0.0954. The van der Waals surface area contributed by atoms with Crippen molar-refractivity contribution in [2.24, 2.45) is 0 Å². The van der Waals surface area contributed by atoms with E-state index in [1.165, 1.54) is 6.07 Å². The van der Waals surface area contributed by atoms with Crippen LogP contribution in [0, 0.1) is 0 Å². The monoisotopic (exact) mass is 382 g/mol. The molecule has 0 amide bonds. The highest BCUT2D eigenvalue weighted by Gasteiger charge is 2.64. The predicted molar refractivity (Wildman–Crippen MR) is 108 cm³/mol. The molecule has 3 rings (SSSR count). The number of benzene rings is 2. The van der Waals surface area contributed by atoms with Gasteiger partial charge in [-0.2, -0.15) is 0 Å². The number of hydrogen-bond acceptors (Lipinski definition) is 4. The number of hydrogen-bond donors (Lipinski definition) is 1. The van der Waals surface area contributed by atoms with Crippen LogP contribution in [0.15, 0.2) is 48.5 Å². The predicted octanol–water partition coefficient (Wildman–Crippen LogP) is 4.77. The van der Waals surface area contributed by atoms with Crippen LogP contribution in [0.2, 0.25) is 17.6 Å². The van der Waals surface area contributed by atoms with E-state index in [0.29, 0.717) is 23.2 Å². The van der Waals surface area contributed by atoms with Crippen molar-refractivity contribution in [1.82, 2.24) is 0 Å². The van der Waals surface area contributed by atoms with Crippen LogP contribution < -0.4 is 4.74 Å². The highest BCUT2D eigenvalue weighted by molar-refractivity contribution is 6.85. The van der Waals surface area contributed by atoms with Crippen LogP contribution in [0.4, 0.5) is 0 Å². The zero-order valence-electron chi connectivity index (χ0n) is 15.9. The summed E-state index contributed by atoms with van der Waals surface area (Å²) in [6, 6.07) is 15.1. The van der Waals surface area contributed by atoms with Gasteiger partial charge in [0.2, 0.25) is 0 Å². The van der Waals surface area contributed by atoms with E-state index in [2.05, 4.69) is 13.5 Å². The average molecular weight is 383 g/mol. The molecule has 142 valence electrons. The smallest absolute Gasteiger partial charge is 0.343 e. The van der Waals surface area contributed by atoms with Crippen molar-refractivity contribution in [2.45, 2.75) is 50.2 Å². The Morgan fingerprint density at radius 3 is 2.67 bits per heavy atom. The topological polar surface area (TPSA) is 63.6 Å². The zero-order valence-corrected chi connectivity index (χ0v) is 16.9. The fourth-order valence-corrected chi connectivity index (χ4v) is 7.88. The second-order valence-electron chi connectivity index (χ2n) is 7.68. The number of carbonyl (C=O) groups is 2. The molecule has 1 N–H and O–H groups in total. The van der Waals surface area contributed by atoms with Crippen LogP contribution in [0.25, 0.3) is 0 Å². The minimum atomic E-state index is -1.99. The Kier molecular flexibility index (Phi) is 5.63. The normalized spacial score (nSPS) is 23.7. The first kappa shape index (κ1) is 19.5. The quantitative estimate of drug-likeness (QED) is 0.309. The van der Waals surface area contributed by atoms with Gasteiger partial charge in [-0.25, -0.2) is 4.79 Å². The molecule has 5 heteroatoms. The van der Waals surface area contributed by atoms with Gasteiger partial charge < -0.3 is 9.53 Å². The van der Waals surface area contributed by atoms with E-state index in [9.17, 15) is 14.4 Å². The summed E-state index contributed by atoms with van der Waals surface area (Å²) >= 11 is 0. The molecule has 2 atom stereocenters. The maximum atomic E-state index is 12.4. The zero-order chi connectivity index (χ0) is 19.5. The van der Waals surface area contributed by atoms with Crippen LogP contribution in [-0.2, 0) is 6.42 Å². The van der Waals surface area contributed by atoms with Gasteiger partial charge >= 0.3 is 5.97 Å². The molecule has 0 bridgehead atoms. The van der Waals surface area contributed by atoms with Crippen LogP contribution in [0.3, 0.4) is 0 Å². The molecule has 2 aromatic carbocycles. The van der Waals surface area contributed by atoms with E-state index in [4.69, 9.17) is 4.74 Å². The maximum absolute atomic E-state index is 12.4. The molecule has 0 saturated carbocycles. The highest BCUT2D eigenvalue weighted by atomic mass is 28.4. The first-order chi connectivity index (χ1) is 12.9. The Bertz CT molecular complexity index is 846. The number of aryl methyl sites for hydroxylation is 1. The van der Waals surface area contributed by atoms with Crippen LogP contribution in [0.5, 0.6) is 5.75 Å². The third-order valence-corrected chi connectivity index (χ3v) is 9.92. The molecular weight excluding hydrogens is 356 g/mol. The Labute approximate surface area is 161 Å². The van der Waals surface area contributed by atoms with Gasteiger partial charge in [-0.1, -0.05) is 43.7 Å². The van der Waals surface area contributed by atoms with Gasteiger partial charge in [0.05, 0.1) is 5.56 Å². The van der Waals surface area contributed by atoms with E-state index in [1.54, 1.807) is 24.3 Å². The summed E-state index contributed by atoms with van der Waals surface area (Å²) < 4.78 is 5.60. The minimum absolute atomic E-state index is 0.174. The fraction of sp³-hybridized carbons (Fsp3) is 0.364. The van der Waals surface area contributed by atoms with Gasteiger partial charge in [-0.15, -0.1) is 0 Å². The summed E-state index contributed by atoms with van der Waals surface area (Å²) in [7, 11) is -1.99. The van der Waals surface area contributed by atoms with Gasteiger partial charge in [0.25, 0.3) is 0 Å². The molecule has 1 saturated heterocycles. The van der Waals surface area contributed by atoms with Gasteiger partial charge in [0.15, 0.2) is 8.32 Å². The first-order valence-corrected chi connectivity index (χ1v) is 12.1. The Morgan fingerprint density at radius 2 is 2.00 bits per heavy atom. The molecular formula is C22H26O4Si. The lowest BCUT2D eigenvalue weighted by Crippen LogP contribution is -2.16. The molecule has 4 nitrogen and oxygen atoms in total. The molecule has 1 fully saturated rings. The van der Waals surface area contributed by atoms with E-state index in [-0.39, 0.29) is 5.04 Å². The Morgan fingerprint density at radius 1 is 1.26 bits per heavy atom. The van der Waals surface area contributed by atoms with E-state index in [1.807, 2.05) is 18.2 Å². The van der Waals surface area contributed by atoms with E-state index < -0.39 is 14.3 Å². The SMILES string of the molecule is CCC1(CCCc2ccccc2OC(=O)c2cccc(C=O)c2)C[Si]1(C)O. The second kappa shape index (κ2) is 7.78. The Hall–Kier alpha value is -2.24. The molecule has 27 heavy (non-hydrogen) atoms. The molecule has 1 heterocycles. The molecule has 2 unspecified atom stereocenters. The number of rotatable bonds is 8. The second-order valence-corrected chi connectivity index (χ2v) is 11.6. The standard InChI is InChI=1S/C22H26O4Si/c1-3-22(16-27(22,2)25)13-7-11-18-9-4-5-12-20(18)26-21(24)19-10-6-8-17(14-19)15-23/h4-6,8-10,12,14-15,25H,3,7,11,13,16H2,1-2H3. The average Bonchev–Trinajstić information content (AvgIpc) is 3.24. The van der Waals surface area contributed by atoms with E-state index in [0.717, 1.165) is 37.3 Å². The first-order valence-electron chi connectivity index (χ1n) is 9.48. The van der Waals surface area contributed by atoms with Crippen LogP contribution in [0.1, 0.15) is 52.5 Å². The molecule has 0 aliphatic carbocycles. The largest absolute Gasteiger partial charge is 0.431 e. The summed E-state index contributed by atoms with van der Waals surface area (Å²) in [5.41, 5.74) is 1.80. The summed E-state index contributed by atoms with van der Waals surface area (Å²) in [6.07, 6.45) is 4.54. The van der Waals surface area contributed by atoms with E-state index >= 15 is 0 Å². The third kappa shape index (κ3) is 4.20. The molecule has 2 aromatic rings. The molecule has 1 aliphatic rings. The van der Waals surface area contributed by atoms with Crippen molar-refractivity contribution in [2.75, 3.05) is 0 Å². The van der Waals surface area contributed by atoms with Gasteiger partial charge in [-0.05, 0) is 60.7 Å².